The van der Waals surface area contributed by atoms with Gasteiger partial charge in [-0.25, -0.2) is 0 Å². The van der Waals surface area contributed by atoms with Crippen molar-refractivity contribution < 1.29 is 7.53 Å². The molecule has 3 nitrogen and oxygen atoms in total. The Labute approximate surface area is 105 Å². The summed E-state index contributed by atoms with van der Waals surface area (Å²) in [5.41, 5.74) is 0.0716. The van der Waals surface area contributed by atoms with Crippen LogP contribution < -0.4 is 0 Å². The molecule has 0 aromatic heterocycles. The van der Waals surface area contributed by atoms with Gasteiger partial charge in [-0.3, -0.25) is 0 Å². The fraction of sp³-hybridized carbons (Fsp3) is 0.750. The molecule has 1 heterocycles. The standard InChI is InChI=1S/C12H21GeNO2/c1-11(2,3)9-7-14-8-10(12(4,5)6)16-13-15-9/h7-9H,1-6H3/b10-8-,14-7?. The molecule has 1 atom stereocenters. The number of hydrogen-bond donors (Lipinski definition) is 0. The van der Waals surface area contributed by atoms with Crippen LogP contribution in [0.4, 0.5) is 0 Å². The van der Waals surface area contributed by atoms with Gasteiger partial charge in [0.1, 0.15) is 0 Å². The van der Waals surface area contributed by atoms with E-state index in [2.05, 4.69) is 46.5 Å². The maximum atomic E-state index is 5.79. The number of allylic oxidation sites excluding steroid dienone is 1. The third kappa shape index (κ3) is 3.94. The Hall–Kier alpha value is -0.287. The van der Waals surface area contributed by atoms with Crippen LogP contribution in [-0.4, -0.2) is 28.4 Å². The topological polar surface area (TPSA) is 30.8 Å². The molecule has 2 radical (unpaired) electrons. The van der Waals surface area contributed by atoms with Gasteiger partial charge in [0.05, 0.1) is 0 Å². The first-order chi connectivity index (χ1) is 7.21. The average Bonchev–Trinajstić information content (AvgIpc) is 1.96. The minimum atomic E-state index is -0.837. The van der Waals surface area contributed by atoms with E-state index in [9.17, 15) is 0 Å². The normalized spacial score (nSPS) is 26.4. The molecule has 0 N–H and O–H groups in total. The van der Waals surface area contributed by atoms with E-state index in [1.54, 1.807) is 0 Å². The van der Waals surface area contributed by atoms with E-state index in [0.29, 0.717) is 0 Å². The Morgan fingerprint density at radius 1 is 1.19 bits per heavy atom. The molecule has 1 unspecified atom stereocenters. The van der Waals surface area contributed by atoms with Crippen molar-refractivity contribution in [3.8, 4) is 0 Å². The first-order valence-corrected chi connectivity index (χ1v) is 7.24. The van der Waals surface area contributed by atoms with E-state index < -0.39 is 16.1 Å². The number of nitrogens with zero attached hydrogens (tertiary/aromatic N) is 1. The van der Waals surface area contributed by atoms with Crippen LogP contribution >= 0.6 is 0 Å². The summed E-state index contributed by atoms with van der Waals surface area (Å²) in [6, 6.07) is 0. The fourth-order valence-electron chi connectivity index (χ4n) is 1.11. The van der Waals surface area contributed by atoms with Crippen molar-refractivity contribution in [2.45, 2.75) is 47.6 Å². The second-order valence-corrected chi connectivity index (χ2v) is 7.40. The predicted molar refractivity (Wildman–Crippen MR) is 67.2 cm³/mol. The molecule has 1 aliphatic heterocycles. The summed E-state index contributed by atoms with van der Waals surface area (Å²) in [5, 5.41) is 0. The van der Waals surface area contributed by atoms with Crippen LogP contribution in [0.5, 0.6) is 0 Å². The van der Waals surface area contributed by atoms with Gasteiger partial charge in [-0.15, -0.1) is 0 Å². The van der Waals surface area contributed by atoms with Crippen molar-refractivity contribution in [1.29, 1.82) is 0 Å². The van der Waals surface area contributed by atoms with Crippen molar-refractivity contribution in [3.05, 3.63) is 12.0 Å². The van der Waals surface area contributed by atoms with Gasteiger partial charge in [0.25, 0.3) is 0 Å². The monoisotopic (exact) mass is 285 g/mol. The summed E-state index contributed by atoms with van der Waals surface area (Å²) in [5.74, 6) is 0.913. The summed E-state index contributed by atoms with van der Waals surface area (Å²) in [4.78, 5) is 4.31. The molecule has 16 heavy (non-hydrogen) atoms. The number of rotatable bonds is 0. The molecule has 0 aliphatic carbocycles. The van der Waals surface area contributed by atoms with Crippen molar-refractivity contribution in [3.63, 3.8) is 0 Å². The Morgan fingerprint density at radius 2 is 1.81 bits per heavy atom. The van der Waals surface area contributed by atoms with Crippen LogP contribution in [0.2, 0.25) is 0 Å². The van der Waals surface area contributed by atoms with E-state index in [0.717, 1.165) is 5.76 Å². The van der Waals surface area contributed by atoms with Crippen LogP contribution in [0, 0.1) is 10.8 Å². The quantitative estimate of drug-likeness (QED) is 0.640. The molecule has 1 aliphatic rings. The molecular formula is C12H21GeNO2. The zero-order chi connectivity index (χ0) is 12.4. The summed E-state index contributed by atoms with van der Waals surface area (Å²) >= 11 is -0.837. The number of aliphatic imine (C=N–C) groups is 1. The van der Waals surface area contributed by atoms with Crippen LogP contribution in [0.25, 0.3) is 0 Å². The van der Waals surface area contributed by atoms with Crippen LogP contribution in [-0.2, 0) is 7.53 Å². The molecular weight excluding hydrogens is 263 g/mol. The van der Waals surface area contributed by atoms with Crippen LogP contribution in [0.1, 0.15) is 41.5 Å². The third-order valence-electron chi connectivity index (χ3n) is 2.33. The molecule has 4 heteroatoms. The molecule has 0 amide bonds. The van der Waals surface area contributed by atoms with Gasteiger partial charge in [0.15, 0.2) is 0 Å². The van der Waals surface area contributed by atoms with E-state index in [1.807, 2.05) is 12.4 Å². The van der Waals surface area contributed by atoms with Gasteiger partial charge >= 0.3 is 105 Å². The van der Waals surface area contributed by atoms with Crippen LogP contribution in [0.3, 0.4) is 0 Å². The van der Waals surface area contributed by atoms with Gasteiger partial charge in [0, 0.05) is 0 Å². The Bertz CT molecular complexity index is 297. The van der Waals surface area contributed by atoms with E-state index in [4.69, 9.17) is 7.53 Å². The van der Waals surface area contributed by atoms with Gasteiger partial charge in [-0.05, 0) is 0 Å². The second kappa shape index (κ2) is 4.92. The third-order valence-corrected chi connectivity index (χ3v) is 3.70. The first kappa shape index (κ1) is 13.8. The fourth-order valence-corrected chi connectivity index (χ4v) is 3.24. The Kier molecular flexibility index (Phi) is 4.24. The molecule has 0 aromatic rings. The number of hydrogen-bond acceptors (Lipinski definition) is 3. The summed E-state index contributed by atoms with van der Waals surface area (Å²) < 4.78 is 11.5. The molecule has 0 fully saturated rings. The van der Waals surface area contributed by atoms with Crippen molar-refractivity contribution >= 4 is 22.3 Å². The van der Waals surface area contributed by atoms with E-state index in [-0.39, 0.29) is 16.9 Å². The SMILES string of the molecule is CC(C)(C)/C1=C/N=CC(C(C)(C)C)[O][Ge][O]1. The summed E-state index contributed by atoms with van der Waals surface area (Å²) in [7, 11) is 0. The Balaban J connectivity index is 2.81. The predicted octanol–water partition coefficient (Wildman–Crippen LogP) is 2.94. The summed E-state index contributed by atoms with van der Waals surface area (Å²) in [6.07, 6.45) is 3.76. The first-order valence-electron chi connectivity index (χ1n) is 5.53. The molecule has 1 rings (SSSR count). The van der Waals surface area contributed by atoms with E-state index in [1.165, 1.54) is 0 Å². The van der Waals surface area contributed by atoms with Crippen molar-refractivity contribution in [2.75, 3.05) is 0 Å². The molecule has 0 spiro atoms. The molecule has 0 saturated carbocycles. The van der Waals surface area contributed by atoms with Gasteiger partial charge in [-0.2, -0.15) is 0 Å². The van der Waals surface area contributed by atoms with Gasteiger partial charge < -0.3 is 0 Å². The van der Waals surface area contributed by atoms with Crippen molar-refractivity contribution in [2.24, 2.45) is 15.8 Å². The second-order valence-electron chi connectivity index (χ2n) is 6.13. The van der Waals surface area contributed by atoms with Crippen molar-refractivity contribution in [1.82, 2.24) is 0 Å². The maximum absolute atomic E-state index is 5.79. The zero-order valence-corrected chi connectivity index (χ0v) is 13.1. The van der Waals surface area contributed by atoms with Crippen LogP contribution in [0.15, 0.2) is 17.0 Å². The van der Waals surface area contributed by atoms with Gasteiger partial charge in [0.2, 0.25) is 0 Å². The minimum absolute atomic E-state index is 0.00122. The van der Waals surface area contributed by atoms with E-state index >= 15 is 0 Å². The Morgan fingerprint density at radius 3 is 2.31 bits per heavy atom. The molecule has 0 aromatic carbocycles. The zero-order valence-electron chi connectivity index (χ0n) is 11.0. The molecule has 0 bridgehead atoms. The molecule has 0 saturated heterocycles. The average molecular weight is 284 g/mol. The molecule has 90 valence electrons. The summed E-state index contributed by atoms with van der Waals surface area (Å²) in [6.45, 7) is 12.8. The van der Waals surface area contributed by atoms with Gasteiger partial charge in [-0.1, -0.05) is 0 Å².